The molecular formula is C20H23NO3S. The summed E-state index contributed by atoms with van der Waals surface area (Å²) in [5.41, 5.74) is 3.04. The van der Waals surface area contributed by atoms with E-state index in [2.05, 4.69) is 12.2 Å². The molecule has 1 heterocycles. The number of thiophene rings is 1. The van der Waals surface area contributed by atoms with Gasteiger partial charge in [-0.2, -0.15) is 0 Å². The zero-order valence-corrected chi connectivity index (χ0v) is 15.4. The number of fused-ring (bicyclic) bond motifs is 1. The zero-order chi connectivity index (χ0) is 17.8. The number of carbonyl (C=O) groups is 2. The fourth-order valence-electron chi connectivity index (χ4n) is 3.17. The highest BCUT2D eigenvalue weighted by atomic mass is 32.1. The second kappa shape index (κ2) is 7.83. The van der Waals surface area contributed by atoms with Gasteiger partial charge in [-0.3, -0.25) is 4.79 Å². The van der Waals surface area contributed by atoms with Gasteiger partial charge in [-0.15, -0.1) is 11.3 Å². The predicted molar refractivity (Wildman–Crippen MR) is 100 cm³/mol. The Morgan fingerprint density at radius 1 is 1.32 bits per heavy atom. The lowest BCUT2D eigenvalue weighted by Gasteiger charge is -2.19. The SMILES string of the molecule is CC[C@@H]1CCc2sc(C(=O)OCC(=O)Nc3cccc(C)c3)cc2C1. The highest BCUT2D eigenvalue weighted by molar-refractivity contribution is 7.14. The Hall–Kier alpha value is -2.14. The Bertz CT molecular complexity index is 781. The number of rotatable bonds is 5. The first-order valence-corrected chi connectivity index (χ1v) is 9.52. The number of nitrogens with one attached hydrogen (secondary N) is 1. The molecule has 132 valence electrons. The largest absolute Gasteiger partial charge is 0.451 e. The summed E-state index contributed by atoms with van der Waals surface area (Å²) < 4.78 is 5.18. The molecule has 0 fully saturated rings. The van der Waals surface area contributed by atoms with Crippen LogP contribution in [0.1, 0.15) is 45.4 Å². The van der Waals surface area contributed by atoms with Crippen molar-refractivity contribution in [3.05, 3.63) is 51.2 Å². The van der Waals surface area contributed by atoms with Gasteiger partial charge >= 0.3 is 5.97 Å². The first kappa shape index (κ1) is 17.7. The minimum absolute atomic E-state index is 0.271. The monoisotopic (exact) mass is 357 g/mol. The van der Waals surface area contributed by atoms with Crippen molar-refractivity contribution in [1.82, 2.24) is 0 Å². The van der Waals surface area contributed by atoms with Gasteiger partial charge in [0.15, 0.2) is 6.61 Å². The molecule has 1 aromatic heterocycles. The number of carbonyl (C=O) groups excluding carboxylic acids is 2. The Morgan fingerprint density at radius 2 is 2.16 bits per heavy atom. The molecule has 3 rings (SSSR count). The molecule has 0 aliphatic heterocycles. The molecular weight excluding hydrogens is 334 g/mol. The van der Waals surface area contributed by atoms with Crippen molar-refractivity contribution in [2.75, 3.05) is 11.9 Å². The molecule has 1 amide bonds. The minimum Gasteiger partial charge on any atom is -0.451 e. The second-order valence-electron chi connectivity index (χ2n) is 6.57. The number of benzene rings is 1. The molecule has 0 radical (unpaired) electrons. The van der Waals surface area contributed by atoms with E-state index in [1.54, 1.807) is 0 Å². The molecule has 4 nitrogen and oxygen atoms in total. The summed E-state index contributed by atoms with van der Waals surface area (Å²) in [5, 5.41) is 2.74. The van der Waals surface area contributed by atoms with Crippen molar-refractivity contribution in [1.29, 1.82) is 0 Å². The summed E-state index contributed by atoms with van der Waals surface area (Å²) in [6.07, 6.45) is 4.45. The van der Waals surface area contributed by atoms with Crippen molar-refractivity contribution >= 4 is 28.9 Å². The maximum Gasteiger partial charge on any atom is 0.348 e. The molecule has 1 atom stereocenters. The van der Waals surface area contributed by atoms with Gasteiger partial charge in [-0.1, -0.05) is 25.5 Å². The molecule has 0 saturated carbocycles. The van der Waals surface area contributed by atoms with Crippen LogP contribution in [0.5, 0.6) is 0 Å². The first-order valence-electron chi connectivity index (χ1n) is 8.70. The number of amides is 1. The minimum atomic E-state index is -0.410. The van der Waals surface area contributed by atoms with Gasteiger partial charge in [0.1, 0.15) is 4.88 Å². The standard InChI is InChI=1S/C20H23NO3S/c1-3-14-7-8-17-15(10-14)11-18(25-17)20(23)24-12-19(22)21-16-6-4-5-13(2)9-16/h4-6,9,11,14H,3,7-8,10,12H2,1-2H3,(H,21,22)/t14-/m1/s1. The molecule has 0 saturated heterocycles. The number of aryl methyl sites for hydroxylation is 2. The van der Waals surface area contributed by atoms with Gasteiger partial charge in [0, 0.05) is 10.6 Å². The second-order valence-corrected chi connectivity index (χ2v) is 7.71. The van der Waals surface area contributed by atoms with Crippen LogP contribution in [0.15, 0.2) is 30.3 Å². The average Bonchev–Trinajstić information content (AvgIpc) is 3.02. The maximum absolute atomic E-state index is 12.2. The molecule has 0 spiro atoms. The topological polar surface area (TPSA) is 55.4 Å². The average molecular weight is 357 g/mol. The van der Waals surface area contributed by atoms with E-state index in [0.717, 1.165) is 18.4 Å². The van der Waals surface area contributed by atoms with Gasteiger partial charge in [0.25, 0.3) is 5.91 Å². The summed E-state index contributed by atoms with van der Waals surface area (Å²) in [5.74, 6) is -0.0239. The van der Waals surface area contributed by atoms with Crippen LogP contribution in [0.25, 0.3) is 0 Å². The van der Waals surface area contributed by atoms with Crippen LogP contribution in [0.2, 0.25) is 0 Å². The lowest BCUT2D eigenvalue weighted by molar-refractivity contribution is -0.119. The Kier molecular flexibility index (Phi) is 5.53. The Morgan fingerprint density at radius 3 is 2.92 bits per heavy atom. The number of ether oxygens (including phenoxy) is 1. The van der Waals surface area contributed by atoms with Gasteiger partial charge in [-0.05, 0) is 61.4 Å². The molecule has 1 N–H and O–H groups in total. The number of anilines is 1. The number of hydrogen-bond donors (Lipinski definition) is 1. The molecule has 1 aliphatic carbocycles. The van der Waals surface area contributed by atoms with Crippen molar-refractivity contribution in [2.45, 2.75) is 39.5 Å². The number of hydrogen-bond acceptors (Lipinski definition) is 4. The highest BCUT2D eigenvalue weighted by Crippen LogP contribution is 2.33. The van der Waals surface area contributed by atoms with Gasteiger partial charge in [0.05, 0.1) is 0 Å². The quantitative estimate of drug-likeness (QED) is 0.809. The van der Waals surface area contributed by atoms with E-state index >= 15 is 0 Å². The fraction of sp³-hybridized carbons (Fsp3) is 0.400. The van der Waals surface area contributed by atoms with E-state index in [-0.39, 0.29) is 12.5 Å². The van der Waals surface area contributed by atoms with Crippen LogP contribution in [0, 0.1) is 12.8 Å². The molecule has 0 unspecified atom stereocenters. The summed E-state index contributed by atoms with van der Waals surface area (Å²) >= 11 is 1.51. The number of esters is 1. The highest BCUT2D eigenvalue weighted by Gasteiger charge is 2.23. The third-order valence-electron chi connectivity index (χ3n) is 4.60. The Labute approximate surface area is 152 Å². The molecule has 0 bridgehead atoms. The fourth-order valence-corrected chi connectivity index (χ4v) is 4.27. The molecule has 5 heteroatoms. The van der Waals surface area contributed by atoms with Crippen LogP contribution >= 0.6 is 11.3 Å². The van der Waals surface area contributed by atoms with Crippen LogP contribution in [0.3, 0.4) is 0 Å². The van der Waals surface area contributed by atoms with Crippen LogP contribution in [-0.2, 0) is 22.4 Å². The van der Waals surface area contributed by atoms with E-state index in [1.165, 1.54) is 34.6 Å². The molecule has 25 heavy (non-hydrogen) atoms. The normalized spacial score (nSPS) is 16.2. The predicted octanol–water partition coefficient (Wildman–Crippen LogP) is 4.37. The third-order valence-corrected chi connectivity index (χ3v) is 5.82. The van der Waals surface area contributed by atoms with Crippen molar-refractivity contribution in [3.8, 4) is 0 Å². The summed E-state index contributed by atoms with van der Waals surface area (Å²) in [4.78, 5) is 26.1. The third kappa shape index (κ3) is 4.48. The van der Waals surface area contributed by atoms with Crippen molar-refractivity contribution in [2.24, 2.45) is 5.92 Å². The maximum atomic E-state index is 12.2. The van der Waals surface area contributed by atoms with Crippen LogP contribution in [-0.4, -0.2) is 18.5 Å². The summed E-state index contributed by atoms with van der Waals surface area (Å²) in [7, 11) is 0. The zero-order valence-electron chi connectivity index (χ0n) is 14.6. The van der Waals surface area contributed by atoms with E-state index in [9.17, 15) is 9.59 Å². The molecule has 2 aromatic rings. The summed E-state index contributed by atoms with van der Waals surface area (Å²) in [6.45, 7) is 3.90. The van der Waals surface area contributed by atoms with Crippen LogP contribution in [0.4, 0.5) is 5.69 Å². The van der Waals surface area contributed by atoms with Crippen LogP contribution < -0.4 is 5.32 Å². The van der Waals surface area contributed by atoms with Crippen molar-refractivity contribution < 1.29 is 14.3 Å². The van der Waals surface area contributed by atoms with Crippen molar-refractivity contribution in [3.63, 3.8) is 0 Å². The smallest absolute Gasteiger partial charge is 0.348 e. The molecule has 1 aliphatic rings. The van der Waals surface area contributed by atoms with E-state index in [0.29, 0.717) is 16.5 Å². The Balaban J connectivity index is 1.54. The van der Waals surface area contributed by atoms with Gasteiger partial charge in [-0.25, -0.2) is 4.79 Å². The van der Waals surface area contributed by atoms with E-state index < -0.39 is 5.97 Å². The first-order chi connectivity index (χ1) is 12.0. The lowest BCUT2D eigenvalue weighted by atomic mass is 9.87. The van der Waals surface area contributed by atoms with E-state index in [1.807, 2.05) is 37.3 Å². The molecule has 1 aromatic carbocycles. The summed E-state index contributed by atoms with van der Waals surface area (Å²) in [6, 6.07) is 9.46. The van der Waals surface area contributed by atoms with Gasteiger partial charge in [0.2, 0.25) is 0 Å². The lowest BCUT2D eigenvalue weighted by Crippen LogP contribution is -2.20. The van der Waals surface area contributed by atoms with Gasteiger partial charge < -0.3 is 10.1 Å². The van der Waals surface area contributed by atoms with E-state index in [4.69, 9.17) is 4.74 Å².